The van der Waals surface area contributed by atoms with E-state index >= 15 is 0 Å². The highest BCUT2D eigenvalue weighted by Crippen LogP contribution is 2.39. The zero-order valence-electron chi connectivity index (χ0n) is 15.7. The van der Waals surface area contributed by atoms with E-state index in [4.69, 9.17) is 11.0 Å². The molecule has 3 aromatic heterocycles. The Bertz CT molecular complexity index is 1100. The number of carbonyl (C=O) groups excluding carboxylic acids is 1. The van der Waals surface area contributed by atoms with Crippen LogP contribution in [0.3, 0.4) is 0 Å². The van der Waals surface area contributed by atoms with Crippen LogP contribution in [0.15, 0.2) is 30.9 Å². The molecule has 2 aliphatic heterocycles. The number of hydrogen-bond donors (Lipinski definition) is 3. The van der Waals surface area contributed by atoms with Crippen molar-refractivity contribution in [3.05, 3.63) is 42.0 Å². The average molecular weight is 388 g/mol. The van der Waals surface area contributed by atoms with Crippen molar-refractivity contribution in [2.45, 2.75) is 43.8 Å². The number of fused-ring (bicyclic) bond motifs is 3. The molecule has 4 N–H and O–H groups in total. The highest BCUT2D eigenvalue weighted by Gasteiger charge is 2.42. The summed E-state index contributed by atoms with van der Waals surface area (Å²) < 4.78 is 0. The second-order valence-electron chi connectivity index (χ2n) is 7.64. The van der Waals surface area contributed by atoms with Crippen molar-refractivity contribution in [2.24, 2.45) is 5.73 Å². The topological polar surface area (TPSA) is 137 Å². The lowest BCUT2D eigenvalue weighted by Crippen LogP contribution is -2.48. The summed E-state index contributed by atoms with van der Waals surface area (Å²) >= 11 is 0. The number of nitrogens with zero attached hydrogens (tertiary/aromatic N) is 5. The quantitative estimate of drug-likeness (QED) is 0.621. The minimum atomic E-state index is -0.491. The molecule has 0 aliphatic carbocycles. The number of nitrogens with two attached hydrogens (primary N) is 1. The molecule has 3 atom stereocenters. The van der Waals surface area contributed by atoms with E-state index in [1.165, 1.54) is 6.20 Å². The molecular weight excluding hydrogens is 368 g/mol. The third-order valence-electron chi connectivity index (χ3n) is 5.93. The minimum absolute atomic E-state index is 0.209. The molecule has 5 rings (SSSR count). The minimum Gasteiger partial charge on any atom is -0.381 e. The fourth-order valence-corrected chi connectivity index (χ4v) is 4.69. The van der Waals surface area contributed by atoms with Gasteiger partial charge in [-0.25, -0.2) is 15.0 Å². The molecule has 2 aliphatic rings. The van der Waals surface area contributed by atoms with Crippen molar-refractivity contribution < 1.29 is 4.79 Å². The van der Waals surface area contributed by atoms with Gasteiger partial charge in [0.1, 0.15) is 11.7 Å². The van der Waals surface area contributed by atoms with Crippen molar-refractivity contribution >= 4 is 28.6 Å². The molecule has 0 spiro atoms. The summed E-state index contributed by atoms with van der Waals surface area (Å²) in [6.45, 7) is 0. The smallest absolute Gasteiger partial charge is 0.252 e. The Morgan fingerprint density at radius 1 is 1.21 bits per heavy atom. The molecule has 146 valence electrons. The van der Waals surface area contributed by atoms with E-state index in [-0.39, 0.29) is 6.04 Å². The fourth-order valence-electron chi connectivity index (χ4n) is 4.69. The summed E-state index contributed by atoms with van der Waals surface area (Å²) in [6, 6.07) is 4.81. The van der Waals surface area contributed by atoms with Crippen LogP contribution in [0.4, 0.5) is 11.6 Å². The number of aromatic amines is 1. The third kappa shape index (κ3) is 2.93. The first-order valence-electron chi connectivity index (χ1n) is 9.67. The number of nitriles is 1. The van der Waals surface area contributed by atoms with Crippen LogP contribution in [0.1, 0.15) is 41.6 Å². The normalized spacial score (nSPS) is 23.1. The van der Waals surface area contributed by atoms with Crippen molar-refractivity contribution in [3.8, 4) is 6.07 Å². The maximum atomic E-state index is 11.9. The number of aromatic nitrogens is 4. The molecule has 9 nitrogen and oxygen atoms in total. The van der Waals surface area contributed by atoms with Crippen LogP contribution in [0, 0.1) is 11.3 Å². The van der Waals surface area contributed by atoms with Crippen molar-refractivity contribution in [1.82, 2.24) is 19.9 Å². The summed E-state index contributed by atoms with van der Waals surface area (Å²) in [5.41, 5.74) is 7.93. The first-order valence-corrected chi connectivity index (χ1v) is 9.67. The van der Waals surface area contributed by atoms with Gasteiger partial charge in [0.15, 0.2) is 0 Å². The monoisotopic (exact) mass is 388 g/mol. The molecule has 2 saturated heterocycles. The number of hydrogen-bond acceptors (Lipinski definition) is 7. The number of anilines is 2. The molecule has 0 saturated carbocycles. The Morgan fingerprint density at radius 3 is 2.59 bits per heavy atom. The number of H-pyrrole nitrogens is 1. The summed E-state index contributed by atoms with van der Waals surface area (Å²) in [7, 11) is 0. The molecular formula is C20H20N8O. The molecule has 0 radical (unpaired) electrons. The van der Waals surface area contributed by atoms with E-state index in [0.29, 0.717) is 29.2 Å². The van der Waals surface area contributed by atoms with Crippen LogP contribution in [-0.2, 0) is 0 Å². The Balaban J connectivity index is 1.40. The predicted molar refractivity (Wildman–Crippen MR) is 107 cm³/mol. The van der Waals surface area contributed by atoms with Crippen molar-refractivity contribution in [3.63, 3.8) is 0 Å². The summed E-state index contributed by atoms with van der Waals surface area (Å²) in [5, 5.41) is 13.4. The van der Waals surface area contributed by atoms with E-state index < -0.39 is 5.91 Å². The van der Waals surface area contributed by atoms with Crippen LogP contribution in [0.2, 0.25) is 0 Å². The molecule has 2 fully saturated rings. The van der Waals surface area contributed by atoms with Gasteiger partial charge in [-0.15, -0.1) is 0 Å². The van der Waals surface area contributed by atoms with Crippen LogP contribution in [0.5, 0.6) is 0 Å². The lowest BCUT2D eigenvalue weighted by molar-refractivity contribution is 0.100. The predicted octanol–water partition coefficient (Wildman–Crippen LogP) is 1.94. The summed E-state index contributed by atoms with van der Waals surface area (Å²) in [6.07, 6.45) is 10.4. The second-order valence-corrected chi connectivity index (χ2v) is 7.64. The van der Waals surface area contributed by atoms with E-state index in [2.05, 4.69) is 36.2 Å². The Hall–Kier alpha value is -3.67. The van der Waals surface area contributed by atoms with Gasteiger partial charge in [-0.3, -0.25) is 4.79 Å². The van der Waals surface area contributed by atoms with Crippen molar-refractivity contribution in [1.29, 1.82) is 5.26 Å². The van der Waals surface area contributed by atoms with Gasteiger partial charge < -0.3 is 20.9 Å². The van der Waals surface area contributed by atoms with Gasteiger partial charge in [-0.2, -0.15) is 5.26 Å². The van der Waals surface area contributed by atoms with Gasteiger partial charge in [-0.1, -0.05) is 0 Å². The van der Waals surface area contributed by atoms with Crippen LogP contribution >= 0.6 is 0 Å². The lowest BCUT2D eigenvalue weighted by atomic mass is 9.96. The molecule has 29 heavy (non-hydrogen) atoms. The largest absolute Gasteiger partial charge is 0.381 e. The lowest BCUT2D eigenvalue weighted by Gasteiger charge is -2.39. The van der Waals surface area contributed by atoms with Gasteiger partial charge in [-0.05, 0) is 31.7 Å². The Kier molecular flexibility index (Phi) is 4.05. The zero-order valence-corrected chi connectivity index (χ0v) is 15.7. The molecule has 9 heteroatoms. The second kappa shape index (κ2) is 6.74. The van der Waals surface area contributed by atoms with Gasteiger partial charge >= 0.3 is 0 Å². The maximum Gasteiger partial charge on any atom is 0.252 e. The maximum absolute atomic E-state index is 11.9. The van der Waals surface area contributed by atoms with Gasteiger partial charge in [0.25, 0.3) is 5.91 Å². The number of carbonyl (C=O) groups is 1. The number of primary amides is 1. The highest BCUT2D eigenvalue weighted by molar-refractivity contribution is 6.06. The first-order chi connectivity index (χ1) is 14.1. The van der Waals surface area contributed by atoms with E-state index in [9.17, 15) is 4.79 Å². The summed E-state index contributed by atoms with van der Waals surface area (Å²) in [5.74, 6) is 0.194. The average Bonchev–Trinajstić information content (AvgIpc) is 3.31. The Labute approximate surface area is 167 Å². The number of rotatable bonds is 4. The molecule has 1 amide bonds. The highest BCUT2D eigenvalue weighted by atomic mass is 16.1. The third-order valence-corrected chi connectivity index (χ3v) is 5.93. The van der Waals surface area contributed by atoms with E-state index in [1.807, 2.05) is 12.3 Å². The zero-order chi connectivity index (χ0) is 20.0. The summed E-state index contributed by atoms with van der Waals surface area (Å²) in [4.78, 5) is 30.4. The van der Waals surface area contributed by atoms with Crippen molar-refractivity contribution in [2.75, 3.05) is 10.2 Å². The van der Waals surface area contributed by atoms with Gasteiger partial charge in [0, 0.05) is 35.9 Å². The van der Waals surface area contributed by atoms with E-state index in [0.717, 1.165) is 42.4 Å². The SMILES string of the molecule is N#Cc1cnc(N2[C@@H]3CC[C@H]2C[C@H](Nc2c(C(N)=O)cnc4[nH]ccc24)C3)nc1. The molecule has 0 unspecified atom stereocenters. The fraction of sp³-hybridized carbons (Fsp3) is 0.350. The molecule has 0 aromatic carbocycles. The molecule has 3 aromatic rings. The first kappa shape index (κ1) is 17.4. The van der Waals surface area contributed by atoms with E-state index in [1.54, 1.807) is 12.4 Å². The number of piperidine rings is 1. The molecule has 2 bridgehead atoms. The standard InChI is InChI=1S/C20H20N8O/c21-7-11-8-25-20(26-9-11)28-13-1-2-14(28)6-12(5-13)27-17-15-3-4-23-19(15)24-10-16(17)18(22)29/h3-4,8-10,12-14H,1-2,5-6H2,(H2,22,29)(H2,23,24,27)/t12-,13-,14+. The number of amides is 1. The number of pyridine rings is 1. The molecule has 5 heterocycles. The van der Waals surface area contributed by atoms with Crippen LogP contribution in [0.25, 0.3) is 11.0 Å². The van der Waals surface area contributed by atoms with Gasteiger partial charge in [0.2, 0.25) is 5.95 Å². The van der Waals surface area contributed by atoms with Crippen LogP contribution in [-0.4, -0.2) is 44.0 Å². The Morgan fingerprint density at radius 2 is 1.93 bits per heavy atom. The number of nitrogens with one attached hydrogen (secondary N) is 2. The van der Waals surface area contributed by atoms with Gasteiger partial charge in [0.05, 0.1) is 29.2 Å². The van der Waals surface area contributed by atoms with Crippen LogP contribution < -0.4 is 16.0 Å².